The average molecular weight is 422 g/mol. The molecule has 2 aromatic carbocycles. The molecule has 8 heteroatoms. The molecular formula is C23H26N4O4. The van der Waals surface area contributed by atoms with Crippen LogP contribution < -0.4 is 26.6 Å². The van der Waals surface area contributed by atoms with Crippen molar-refractivity contribution in [2.45, 2.75) is 26.3 Å². The summed E-state index contributed by atoms with van der Waals surface area (Å²) in [6.07, 6.45) is 0.700. The topological polar surface area (TPSA) is 110 Å². The molecule has 0 spiro atoms. The summed E-state index contributed by atoms with van der Waals surface area (Å²) in [5, 5.41) is 0. The molecule has 0 saturated carbocycles. The van der Waals surface area contributed by atoms with Crippen molar-refractivity contribution < 1.29 is 9.53 Å². The molecule has 0 bridgehead atoms. The van der Waals surface area contributed by atoms with Crippen LogP contribution in [-0.4, -0.2) is 29.1 Å². The monoisotopic (exact) mass is 422 g/mol. The fraction of sp³-hybridized carbons (Fsp3) is 0.261. The molecule has 3 aromatic rings. The molecule has 1 heterocycles. The molecule has 1 amide bonds. The van der Waals surface area contributed by atoms with Crippen molar-refractivity contribution in [2.75, 3.05) is 24.3 Å². The molecule has 162 valence electrons. The van der Waals surface area contributed by atoms with Crippen molar-refractivity contribution in [3.05, 3.63) is 86.6 Å². The molecule has 8 nitrogen and oxygen atoms in total. The van der Waals surface area contributed by atoms with Gasteiger partial charge in [0.2, 0.25) is 5.91 Å². The number of H-pyrrole nitrogens is 1. The Bertz CT molecular complexity index is 1150. The summed E-state index contributed by atoms with van der Waals surface area (Å²) in [5.74, 6) is 0.374. The Morgan fingerprint density at radius 2 is 1.74 bits per heavy atom. The van der Waals surface area contributed by atoms with E-state index < -0.39 is 11.2 Å². The maximum absolute atomic E-state index is 13.1. The van der Waals surface area contributed by atoms with Gasteiger partial charge in [0.1, 0.15) is 11.6 Å². The summed E-state index contributed by atoms with van der Waals surface area (Å²) in [6, 6.07) is 16.4. The van der Waals surface area contributed by atoms with Crippen molar-refractivity contribution in [2.24, 2.45) is 0 Å². The number of nitrogens with one attached hydrogen (secondary N) is 1. The second kappa shape index (κ2) is 9.80. The Labute approximate surface area is 179 Å². The van der Waals surface area contributed by atoms with E-state index in [1.807, 2.05) is 37.3 Å². The number of aromatic nitrogens is 2. The third-order valence-corrected chi connectivity index (χ3v) is 4.93. The number of nitrogen functional groups attached to an aromatic ring is 1. The standard InChI is InChI=1S/C23H26N4O4/c1-3-13-26(19(28)14-16-9-11-18(31-2)12-10-16)20-21(24)27(23(30)25-22(20)29)15-17-7-5-4-6-8-17/h4-12H,3,13-15,24H2,1-2H3,(H,25,29,30). The lowest BCUT2D eigenvalue weighted by molar-refractivity contribution is -0.118. The lowest BCUT2D eigenvalue weighted by Crippen LogP contribution is -2.42. The van der Waals surface area contributed by atoms with E-state index in [2.05, 4.69) is 4.98 Å². The van der Waals surface area contributed by atoms with Crippen LogP contribution in [0.2, 0.25) is 0 Å². The SMILES string of the molecule is CCCN(C(=O)Cc1ccc(OC)cc1)c1c(N)n(Cc2ccccc2)c(=O)[nH]c1=O. The summed E-state index contributed by atoms with van der Waals surface area (Å²) in [7, 11) is 1.57. The lowest BCUT2D eigenvalue weighted by Gasteiger charge is -2.24. The van der Waals surface area contributed by atoms with E-state index in [0.717, 1.165) is 11.1 Å². The van der Waals surface area contributed by atoms with Crippen LogP contribution in [0.4, 0.5) is 11.5 Å². The van der Waals surface area contributed by atoms with Gasteiger partial charge in [-0.1, -0.05) is 49.4 Å². The number of rotatable bonds is 8. The first-order valence-electron chi connectivity index (χ1n) is 10.0. The zero-order valence-corrected chi connectivity index (χ0v) is 17.6. The Hall–Kier alpha value is -3.81. The molecule has 0 saturated heterocycles. The van der Waals surface area contributed by atoms with E-state index in [1.54, 1.807) is 31.4 Å². The minimum Gasteiger partial charge on any atom is -0.497 e. The van der Waals surface area contributed by atoms with Crippen LogP contribution in [0.25, 0.3) is 0 Å². The number of benzene rings is 2. The van der Waals surface area contributed by atoms with E-state index in [0.29, 0.717) is 18.7 Å². The highest BCUT2D eigenvalue weighted by Crippen LogP contribution is 2.20. The fourth-order valence-electron chi connectivity index (χ4n) is 3.36. The third-order valence-electron chi connectivity index (χ3n) is 4.93. The predicted molar refractivity (Wildman–Crippen MR) is 121 cm³/mol. The first-order chi connectivity index (χ1) is 14.9. The Balaban J connectivity index is 1.97. The first-order valence-corrected chi connectivity index (χ1v) is 10.0. The molecule has 0 unspecified atom stereocenters. The molecule has 0 aliphatic heterocycles. The number of anilines is 2. The van der Waals surface area contributed by atoms with Crippen molar-refractivity contribution in [1.82, 2.24) is 9.55 Å². The summed E-state index contributed by atoms with van der Waals surface area (Å²) < 4.78 is 6.42. The smallest absolute Gasteiger partial charge is 0.330 e. The van der Waals surface area contributed by atoms with Gasteiger partial charge < -0.3 is 15.4 Å². The molecule has 31 heavy (non-hydrogen) atoms. The second-order valence-corrected chi connectivity index (χ2v) is 7.14. The number of amides is 1. The number of hydrogen-bond donors (Lipinski definition) is 2. The molecule has 0 aliphatic rings. The van der Waals surface area contributed by atoms with Crippen molar-refractivity contribution in [1.29, 1.82) is 0 Å². The largest absolute Gasteiger partial charge is 0.497 e. The second-order valence-electron chi connectivity index (χ2n) is 7.14. The van der Waals surface area contributed by atoms with E-state index in [-0.39, 0.29) is 30.4 Å². The minimum absolute atomic E-state index is 0.00380. The summed E-state index contributed by atoms with van der Waals surface area (Å²) >= 11 is 0. The van der Waals surface area contributed by atoms with E-state index in [1.165, 1.54) is 9.47 Å². The fourth-order valence-corrected chi connectivity index (χ4v) is 3.36. The normalized spacial score (nSPS) is 10.6. The van der Waals surface area contributed by atoms with Gasteiger partial charge in [-0.25, -0.2) is 4.79 Å². The molecule has 0 fully saturated rings. The van der Waals surface area contributed by atoms with Gasteiger partial charge >= 0.3 is 5.69 Å². The van der Waals surface area contributed by atoms with E-state index in [4.69, 9.17) is 10.5 Å². The molecule has 3 N–H and O–H groups in total. The van der Waals surface area contributed by atoms with Gasteiger partial charge in [0.25, 0.3) is 5.56 Å². The van der Waals surface area contributed by atoms with Gasteiger partial charge in [-0.05, 0) is 29.7 Å². The van der Waals surface area contributed by atoms with Gasteiger partial charge in [0.15, 0.2) is 5.69 Å². The van der Waals surface area contributed by atoms with Gasteiger partial charge in [-0.15, -0.1) is 0 Å². The summed E-state index contributed by atoms with van der Waals surface area (Å²) in [4.78, 5) is 41.9. The minimum atomic E-state index is -0.677. The number of nitrogens with two attached hydrogens (primary N) is 1. The van der Waals surface area contributed by atoms with E-state index in [9.17, 15) is 14.4 Å². The van der Waals surface area contributed by atoms with Gasteiger partial charge in [-0.3, -0.25) is 19.1 Å². The molecule has 0 radical (unpaired) electrons. The molecule has 1 aromatic heterocycles. The number of ether oxygens (including phenoxy) is 1. The molecule has 0 atom stereocenters. The highest BCUT2D eigenvalue weighted by Gasteiger charge is 2.24. The zero-order chi connectivity index (χ0) is 22.4. The zero-order valence-electron chi connectivity index (χ0n) is 17.6. The van der Waals surface area contributed by atoms with Crippen LogP contribution in [0.15, 0.2) is 64.2 Å². The van der Waals surface area contributed by atoms with Crippen molar-refractivity contribution in [3.63, 3.8) is 0 Å². The number of carbonyl (C=O) groups is 1. The Kier molecular flexibility index (Phi) is 6.92. The van der Waals surface area contributed by atoms with Crippen LogP contribution >= 0.6 is 0 Å². The Morgan fingerprint density at radius 1 is 1.06 bits per heavy atom. The maximum atomic E-state index is 13.1. The highest BCUT2D eigenvalue weighted by atomic mass is 16.5. The van der Waals surface area contributed by atoms with Crippen molar-refractivity contribution >= 4 is 17.4 Å². The molecule has 0 aliphatic carbocycles. The van der Waals surface area contributed by atoms with Crippen LogP contribution in [0.3, 0.4) is 0 Å². The molecule has 3 rings (SSSR count). The quantitative estimate of drug-likeness (QED) is 0.578. The number of methoxy groups -OCH3 is 1. The molecular weight excluding hydrogens is 396 g/mol. The number of nitrogens with zero attached hydrogens (tertiary/aromatic N) is 2. The first kappa shape index (κ1) is 21.9. The number of hydrogen-bond acceptors (Lipinski definition) is 5. The highest BCUT2D eigenvalue weighted by molar-refractivity contribution is 5.96. The van der Waals surface area contributed by atoms with Gasteiger partial charge in [0.05, 0.1) is 20.1 Å². The number of carbonyl (C=O) groups excluding carboxylic acids is 1. The van der Waals surface area contributed by atoms with Crippen LogP contribution in [-0.2, 0) is 17.8 Å². The Morgan fingerprint density at radius 3 is 2.35 bits per heavy atom. The van der Waals surface area contributed by atoms with Crippen molar-refractivity contribution in [3.8, 4) is 5.75 Å². The summed E-state index contributed by atoms with van der Waals surface area (Å²) in [6.45, 7) is 2.38. The number of aromatic amines is 1. The average Bonchev–Trinajstić information content (AvgIpc) is 2.77. The van der Waals surface area contributed by atoms with Crippen LogP contribution in [0.5, 0.6) is 5.75 Å². The third kappa shape index (κ3) is 5.03. The predicted octanol–water partition coefficient (Wildman–Crippen LogP) is 2.16. The lowest BCUT2D eigenvalue weighted by atomic mass is 10.1. The van der Waals surface area contributed by atoms with Crippen LogP contribution in [0, 0.1) is 0 Å². The van der Waals surface area contributed by atoms with Crippen LogP contribution in [0.1, 0.15) is 24.5 Å². The van der Waals surface area contributed by atoms with E-state index >= 15 is 0 Å². The van der Waals surface area contributed by atoms with Gasteiger partial charge in [-0.2, -0.15) is 0 Å². The maximum Gasteiger partial charge on any atom is 0.330 e. The van der Waals surface area contributed by atoms with Gasteiger partial charge in [0, 0.05) is 6.54 Å². The summed E-state index contributed by atoms with van der Waals surface area (Å²) in [5.41, 5.74) is 6.59.